The molecular weight excluding hydrogens is 430 g/mol. The van der Waals surface area contributed by atoms with Crippen molar-refractivity contribution in [3.05, 3.63) is 30.1 Å². The quantitative estimate of drug-likeness (QED) is 0.637. The third-order valence-corrected chi connectivity index (χ3v) is 9.24. The maximum absolute atomic E-state index is 13.0. The van der Waals surface area contributed by atoms with Gasteiger partial charge in [0.15, 0.2) is 15.7 Å². The van der Waals surface area contributed by atoms with Gasteiger partial charge in [-0.25, -0.2) is 18.4 Å². The Morgan fingerprint density at radius 3 is 2.84 bits per heavy atom. The molecule has 5 heterocycles. The highest BCUT2D eigenvalue weighted by molar-refractivity contribution is 7.92. The summed E-state index contributed by atoms with van der Waals surface area (Å²) in [6.45, 7) is 5.73. The molecule has 0 aromatic carbocycles. The number of aromatic nitrogens is 4. The molecule has 2 saturated heterocycles. The molecule has 0 amide bonds. The van der Waals surface area contributed by atoms with Gasteiger partial charge in [-0.15, -0.1) is 0 Å². The zero-order chi connectivity index (χ0) is 22.5. The molecule has 9 nitrogen and oxygen atoms in total. The SMILES string of the molecule is COc1cc(-c2nc(N3CCOC[C@H]3C)cc(C3(C)CCCS3(=O)=O)n2)c2cc[nH]c2n1. The zero-order valence-corrected chi connectivity index (χ0v) is 19.3. The van der Waals surface area contributed by atoms with Gasteiger partial charge in [-0.1, -0.05) is 0 Å². The first-order valence-corrected chi connectivity index (χ1v) is 12.5. The van der Waals surface area contributed by atoms with Gasteiger partial charge >= 0.3 is 0 Å². The Morgan fingerprint density at radius 2 is 2.12 bits per heavy atom. The molecule has 0 aliphatic carbocycles. The summed E-state index contributed by atoms with van der Waals surface area (Å²) in [6, 6.07) is 5.68. The first-order chi connectivity index (χ1) is 15.3. The lowest BCUT2D eigenvalue weighted by molar-refractivity contribution is 0.0985. The molecular formula is C22H27N5O4S. The van der Waals surface area contributed by atoms with Crippen molar-refractivity contribution in [3.8, 4) is 17.3 Å². The van der Waals surface area contributed by atoms with E-state index in [2.05, 4.69) is 21.8 Å². The van der Waals surface area contributed by atoms with Gasteiger partial charge in [0.1, 0.15) is 16.2 Å². The molecule has 1 unspecified atom stereocenters. The minimum atomic E-state index is -3.32. The number of methoxy groups -OCH3 is 1. The number of nitrogens with zero attached hydrogens (tertiary/aromatic N) is 4. The Bertz CT molecular complexity index is 1270. The number of pyridine rings is 1. The molecule has 2 aliphatic heterocycles. The smallest absolute Gasteiger partial charge is 0.215 e. The molecule has 2 fully saturated rings. The van der Waals surface area contributed by atoms with Crippen LogP contribution < -0.4 is 9.64 Å². The number of hydrogen-bond acceptors (Lipinski definition) is 8. The topological polar surface area (TPSA) is 110 Å². The molecule has 2 atom stereocenters. The van der Waals surface area contributed by atoms with Crippen LogP contribution >= 0.6 is 0 Å². The van der Waals surface area contributed by atoms with Crippen molar-refractivity contribution in [2.45, 2.75) is 37.5 Å². The summed E-state index contributed by atoms with van der Waals surface area (Å²) in [5.41, 5.74) is 1.94. The highest BCUT2D eigenvalue weighted by Crippen LogP contribution is 2.42. The van der Waals surface area contributed by atoms with Gasteiger partial charge in [0.05, 0.1) is 37.8 Å². The van der Waals surface area contributed by atoms with Crippen molar-refractivity contribution < 1.29 is 17.9 Å². The summed E-state index contributed by atoms with van der Waals surface area (Å²) in [5, 5.41) is 0.850. The molecule has 32 heavy (non-hydrogen) atoms. The molecule has 0 radical (unpaired) electrons. The molecule has 3 aromatic heterocycles. The molecule has 3 aromatic rings. The normalized spacial score (nSPS) is 25.3. The van der Waals surface area contributed by atoms with E-state index < -0.39 is 14.6 Å². The molecule has 170 valence electrons. The van der Waals surface area contributed by atoms with Crippen molar-refractivity contribution in [2.75, 3.05) is 37.5 Å². The van der Waals surface area contributed by atoms with Gasteiger partial charge < -0.3 is 19.4 Å². The maximum Gasteiger partial charge on any atom is 0.215 e. The maximum atomic E-state index is 13.0. The van der Waals surface area contributed by atoms with Crippen LogP contribution in [0, 0.1) is 0 Å². The minimum absolute atomic E-state index is 0.117. The van der Waals surface area contributed by atoms with E-state index in [0.717, 1.165) is 10.9 Å². The fourth-order valence-corrected chi connectivity index (χ4v) is 6.47. The van der Waals surface area contributed by atoms with Gasteiger partial charge in [0, 0.05) is 35.8 Å². The number of sulfone groups is 1. The fraction of sp³-hybridized carbons (Fsp3) is 0.500. The lowest BCUT2D eigenvalue weighted by Crippen LogP contribution is -2.44. The highest BCUT2D eigenvalue weighted by atomic mass is 32.2. The Morgan fingerprint density at radius 1 is 1.28 bits per heavy atom. The van der Waals surface area contributed by atoms with E-state index in [9.17, 15) is 8.42 Å². The van der Waals surface area contributed by atoms with Crippen molar-refractivity contribution >= 4 is 26.7 Å². The van der Waals surface area contributed by atoms with E-state index in [1.54, 1.807) is 26.3 Å². The van der Waals surface area contributed by atoms with Crippen LogP contribution in [0.3, 0.4) is 0 Å². The van der Waals surface area contributed by atoms with Crippen LogP contribution in [0.2, 0.25) is 0 Å². The van der Waals surface area contributed by atoms with Crippen molar-refractivity contribution in [1.82, 2.24) is 19.9 Å². The zero-order valence-electron chi connectivity index (χ0n) is 18.5. The number of ether oxygens (including phenoxy) is 2. The molecule has 2 aliphatic rings. The van der Waals surface area contributed by atoms with Gasteiger partial charge in [0.25, 0.3) is 0 Å². The first-order valence-electron chi connectivity index (χ1n) is 10.8. The Hall–Kier alpha value is -2.72. The van der Waals surface area contributed by atoms with E-state index in [1.165, 1.54) is 0 Å². The predicted molar refractivity (Wildman–Crippen MR) is 122 cm³/mol. The van der Waals surface area contributed by atoms with Crippen LogP contribution in [0.5, 0.6) is 5.88 Å². The lowest BCUT2D eigenvalue weighted by Gasteiger charge is -2.35. The number of H-pyrrole nitrogens is 1. The second kappa shape index (κ2) is 7.70. The second-order valence-corrected chi connectivity index (χ2v) is 11.2. The summed E-state index contributed by atoms with van der Waals surface area (Å²) < 4.78 is 36.0. The van der Waals surface area contributed by atoms with Crippen molar-refractivity contribution in [3.63, 3.8) is 0 Å². The number of hydrogen-bond donors (Lipinski definition) is 1. The van der Waals surface area contributed by atoms with Crippen LogP contribution in [-0.2, 0) is 19.3 Å². The molecule has 0 spiro atoms. The number of rotatable bonds is 4. The average molecular weight is 458 g/mol. The van der Waals surface area contributed by atoms with Crippen LogP contribution in [0.1, 0.15) is 32.4 Å². The Balaban J connectivity index is 1.75. The van der Waals surface area contributed by atoms with E-state index in [1.807, 2.05) is 12.1 Å². The molecule has 1 N–H and O–H groups in total. The molecule has 0 saturated carbocycles. The van der Waals surface area contributed by atoms with Crippen LogP contribution in [0.15, 0.2) is 24.4 Å². The van der Waals surface area contributed by atoms with Gasteiger partial charge in [-0.3, -0.25) is 0 Å². The summed E-state index contributed by atoms with van der Waals surface area (Å²) in [6.07, 6.45) is 2.98. The molecule has 10 heteroatoms. The van der Waals surface area contributed by atoms with E-state index >= 15 is 0 Å². The predicted octanol–water partition coefficient (Wildman–Crippen LogP) is 2.68. The van der Waals surface area contributed by atoms with Gasteiger partial charge in [-0.2, -0.15) is 4.98 Å². The summed E-state index contributed by atoms with van der Waals surface area (Å²) in [4.78, 5) is 19.5. The summed E-state index contributed by atoms with van der Waals surface area (Å²) in [7, 11) is -1.76. The standard InChI is InChI=1S/C22H27N5O4S/c1-14-13-31-9-8-27(14)18-12-17(22(2)6-4-10-32(22,28)29)24-21(25-18)16-11-19(30-3)26-20-15(16)5-7-23-20/h5,7,11-12,14H,4,6,8-10,13H2,1-3H3,(H,23,26)/t14-,22?/m1/s1. The first kappa shape index (κ1) is 21.1. The van der Waals surface area contributed by atoms with Gasteiger partial charge in [0.2, 0.25) is 5.88 Å². The van der Waals surface area contributed by atoms with E-state index in [-0.39, 0.29) is 11.8 Å². The number of nitrogens with one attached hydrogen (secondary N) is 1. The summed E-state index contributed by atoms with van der Waals surface area (Å²) in [5.74, 6) is 1.79. The Labute approximate surface area is 187 Å². The lowest BCUT2D eigenvalue weighted by atomic mass is 10.0. The molecule has 5 rings (SSSR count). The number of morpholine rings is 1. The van der Waals surface area contributed by atoms with E-state index in [4.69, 9.17) is 19.4 Å². The number of aromatic amines is 1. The second-order valence-electron chi connectivity index (χ2n) is 8.66. The minimum Gasteiger partial charge on any atom is -0.481 e. The third kappa shape index (κ3) is 3.32. The largest absolute Gasteiger partial charge is 0.481 e. The van der Waals surface area contributed by atoms with E-state index in [0.29, 0.717) is 61.5 Å². The van der Waals surface area contributed by atoms with Gasteiger partial charge in [-0.05, 0) is 32.8 Å². The third-order valence-electron chi connectivity index (χ3n) is 6.62. The van der Waals surface area contributed by atoms with Crippen molar-refractivity contribution in [2.24, 2.45) is 0 Å². The monoisotopic (exact) mass is 457 g/mol. The number of anilines is 1. The van der Waals surface area contributed by atoms with Crippen LogP contribution in [0.25, 0.3) is 22.4 Å². The van der Waals surface area contributed by atoms with Crippen LogP contribution in [0.4, 0.5) is 5.82 Å². The Kier molecular flexibility index (Phi) is 5.09. The van der Waals surface area contributed by atoms with Crippen molar-refractivity contribution in [1.29, 1.82) is 0 Å². The fourth-order valence-electron chi connectivity index (χ4n) is 4.61. The average Bonchev–Trinajstić information content (AvgIpc) is 3.37. The number of fused-ring (bicyclic) bond motifs is 1. The summed E-state index contributed by atoms with van der Waals surface area (Å²) >= 11 is 0. The van der Waals surface area contributed by atoms with Crippen LogP contribution in [-0.4, -0.2) is 67.0 Å². The highest BCUT2D eigenvalue weighted by Gasteiger charge is 2.47. The molecule has 0 bridgehead atoms.